The van der Waals surface area contributed by atoms with E-state index in [-0.39, 0.29) is 56.7 Å². The quantitative estimate of drug-likeness (QED) is 0.120. The molecule has 0 radical (unpaired) electrons. The molecule has 0 spiro atoms. The summed E-state index contributed by atoms with van der Waals surface area (Å²) in [7, 11) is 0. The number of carbonyl (C=O) groups excluding carboxylic acids is 3. The van der Waals surface area contributed by atoms with Gasteiger partial charge in [0.2, 0.25) is 0 Å². The summed E-state index contributed by atoms with van der Waals surface area (Å²) in [6.07, 6.45) is 10.9. The zero-order valence-corrected chi connectivity index (χ0v) is 22.5. The van der Waals surface area contributed by atoms with E-state index in [4.69, 9.17) is 16.3 Å². The molecule has 3 atom stereocenters. The van der Waals surface area contributed by atoms with Crippen LogP contribution in [0.4, 0.5) is 5.69 Å². The Morgan fingerprint density at radius 3 is 2.59 bits per heavy atom. The maximum absolute atomic E-state index is 12.8. The molecule has 0 aliphatic heterocycles. The van der Waals surface area contributed by atoms with Gasteiger partial charge in [-0.05, 0) is 60.9 Å². The van der Waals surface area contributed by atoms with Crippen LogP contribution in [0.5, 0.6) is 5.75 Å². The third kappa shape index (κ3) is 5.77. The standard InChI is InChI=1S/C29H31ClN2O5/c1-17(10-13-29(5)18(2)7-9-24(34)20(29)4)6-8-22-26(32-36)23(16-33)19(3)25(30)27(22)37-28(35)21-11-14-31-15-12-21/h6,10-16,18,20H,7-9H2,1-5H3/b13-10+,17-6+. The first-order chi connectivity index (χ1) is 17.5. The van der Waals surface area contributed by atoms with Crippen LogP contribution >= 0.6 is 11.6 Å². The SMILES string of the molecule is CC(/C=C/C1(C)C(C)CCC(=O)C1C)=C\Cc1c(N=O)c(C=O)c(C)c(Cl)c1OC(=O)c1ccncc1. The summed E-state index contributed by atoms with van der Waals surface area (Å²) in [5.41, 5.74) is 1.32. The molecule has 37 heavy (non-hydrogen) atoms. The number of allylic oxidation sites excluding steroid dienone is 4. The molecule has 194 valence electrons. The van der Waals surface area contributed by atoms with Crippen LogP contribution in [0.1, 0.15) is 72.4 Å². The first-order valence-electron chi connectivity index (χ1n) is 12.2. The van der Waals surface area contributed by atoms with Crippen LogP contribution in [-0.2, 0) is 11.2 Å². The van der Waals surface area contributed by atoms with Crippen LogP contribution in [0.3, 0.4) is 0 Å². The monoisotopic (exact) mass is 522 g/mol. The molecule has 1 aromatic carbocycles. The lowest BCUT2D eigenvalue weighted by molar-refractivity contribution is -0.129. The molecule has 8 heteroatoms. The van der Waals surface area contributed by atoms with Gasteiger partial charge in [-0.3, -0.25) is 14.6 Å². The molecule has 7 nitrogen and oxygen atoms in total. The predicted molar refractivity (Wildman–Crippen MR) is 144 cm³/mol. The van der Waals surface area contributed by atoms with Gasteiger partial charge in [0.1, 0.15) is 11.5 Å². The molecule has 0 bridgehead atoms. The molecule has 1 aliphatic carbocycles. The second-order valence-electron chi connectivity index (χ2n) is 9.82. The van der Waals surface area contributed by atoms with Crippen molar-refractivity contribution in [1.29, 1.82) is 0 Å². The Hall–Kier alpha value is -3.45. The Morgan fingerprint density at radius 1 is 1.30 bits per heavy atom. The minimum atomic E-state index is -0.681. The Morgan fingerprint density at radius 2 is 1.97 bits per heavy atom. The maximum Gasteiger partial charge on any atom is 0.343 e. The lowest BCUT2D eigenvalue weighted by Crippen LogP contribution is -2.40. The Balaban J connectivity index is 2.00. The van der Waals surface area contributed by atoms with Crippen molar-refractivity contribution in [2.75, 3.05) is 0 Å². The number of hydrogen-bond donors (Lipinski definition) is 0. The van der Waals surface area contributed by atoms with Crippen molar-refractivity contribution < 1.29 is 19.1 Å². The van der Waals surface area contributed by atoms with Gasteiger partial charge in [0, 0.05) is 35.9 Å². The molecule has 0 N–H and O–H groups in total. The van der Waals surface area contributed by atoms with E-state index in [1.165, 1.54) is 24.5 Å². The van der Waals surface area contributed by atoms with E-state index in [2.05, 4.69) is 30.1 Å². The van der Waals surface area contributed by atoms with Gasteiger partial charge in [-0.2, -0.15) is 0 Å². The van der Waals surface area contributed by atoms with E-state index < -0.39 is 5.97 Å². The number of rotatable bonds is 8. The molecule has 0 amide bonds. The number of Topliss-reactive ketones (excluding diaryl/α,β-unsaturated/α-hetero) is 1. The number of nitroso groups, excluding NO2 is 1. The molecule has 1 aliphatic rings. The molecule has 0 saturated heterocycles. The number of nitrogens with zero attached hydrogens (tertiary/aromatic N) is 2. The van der Waals surface area contributed by atoms with E-state index >= 15 is 0 Å². The van der Waals surface area contributed by atoms with Crippen molar-refractivity contribution >= 4 is 35.3 Å². The van der Waals surface area contributed by atoms with Crippen molar-refractivity contribution in [1.82, 2.24) is 4.98 Å². The minimum Gasteiger partial charge on any atom is -0.421 e. The number of carbonyl (C=O) groups is 3. The zero-order chi connectivity index (χ0) is 27.3. The molecule has 1 saturated carbocycles. The number of pyridine rings is 1. The lowest BCUT2D eigenvalue weighted by Gasteiger charge is -2.42. The first-order valence-corrected chi connectivity index (χ1v) is 12.6. The molecular weight excluding hydrogens is 492 g/mol. The number of benzene rings is 1. The number of aldehydes is 1. The van der Waals surface area contributed by atoms with Gasteiger partial charge in [-0.15, -0.1) is 4.91 Å². The highest BCUT2D eigenvalue weighted by molar-refractivity contribution is 6.33. The molecule has 1 heterocycles. The normalized spacial score (nSPS) is 22.2. The third-order valence-corrected chi connectivity index (χ3v) is 8.16. The summed E-state index contributed by atoms with van der Waals surface area (Å²) in [4.78, 5) is 52.6. The second-order valence-corrected chi connectivity index (χ2v) is 10.2. The molecule has 1 fully saturated rings. The van der Waals surface area contributed by atoms with E-state index in [1.54, 1.807) is 6.92 Å². The summed E-state index contributed by atoms with van der Waals surface area (Å²) in [6, 6.07) is 2.99. The molecular formula is C29H31ClN2O5. The maximum atomic E-state index is 12.8. The number of hydrogen-bond acceptors (Lipinski definition) is 7. The Labute approximate surface area is 221 Å². The molecule has 3 unspecified atom stereocenters. The van der Waals surface area contributed by atoms with Gasteiger partial charge < -0.3 is 4.74 Å². The smallest absolute Gasteiger partial charge is 0.343 e. The fraction of sp³-hybridized carbons (Fsp3) is 0.379. The van der Waals surface area contributed by atoms with Crippen molar-refractivity contribution in [3.05, 3.63) is 80.5 Å². The third-order valence-electron chi connectivity index (χ3n) is 7.70. The van der Waals surface area contributed by atoms with Crippen LogP contribution in [-0.4, -0.2) is 23.0 Å². The minimum absolute atomic E-state index is 0.0127. The van der Waals surface area contributed by atoms with Gasteiger partial charge in [0.15, 0.2) is 12.0 Å². The fourth-order valence-electron chi connectivity index (χ4n) is 4.66. The highest BCUT2D eigenvalue weighted by Crippen LogP contribution is 2.45. The summed E-state index contributed by atoms with van der Waals surface area (Å²) in [5, 5.41) is 3.15. The van der Waals surface area contributed by atoms with Crippen molar-refractivity contribution in [2.45, 2.75) is 53.9 Å². The number of halogens is 1. The number of aromatic nitrogens is 1. The van der Waals surface area contributed by atoms with Gasteiger partial charge >= 0.3 is 5.97 Å². The summed E-state index contributed by atoms with van der Waals surface area (Å²) >= 11 is 6.53. The first kappa shape index (κ1) is 28.1. The van der Waals surface area contributed by atoms with E-state index in [1.807, 2.05) is 26.0 Å². The Kier molecular flexibility index (Phi) is 8.92. The highest BCUT2D eigenvalue weighted by atomic mass is 35.5. The lowest BCUT2D eigenvalue weighted by atomic mass is 9.61. The van der Waals surface area contributed by atoms with Crippen molar-refractivity contribution in [2.24, 2.45) is 22.4 Å². The number of ether oxygens (including phenoxy) is 1. The largest absolute Gasteiger partial charge is 0.421 e. The van der Waals surface area contributed by atoms with Crippen LogP contribution in [0.25, 0.3) is 0 Å². The highest BCUT2D eigenvalue weighted by Gasteiger charge is 2.41. The van der Waals surface area contributed by atoms with E-state index in [0.717, 1.165) is 12.0 Å². The molecule has 2 aromatic rings. The van der Waals surface area contributed by atoms with E-state index in [9.17, 15) is 19.3 Å². The van der Waals surface area contributed by atoms with Gasteiger partial charge in [0.05, 0.1) is 10.6 Å². The van der Waals surface area contributed by atoms with Crippen LogP contribution in [0.2, 0.25) is 5.02 Å². The molecule has 3 rings (SSSR count). The zero-order valence-electron chi connectivity index (χ0n) is 21.7. The second kappa shape index (κ2) is 11.7. The number of esters is 1. The fourth-order valence-corrected chi connectivity index (χ4v) is 4.92. The van der Waals surface area contributed by atoms with Crippen LogP contribution in [0, 0.1) is 29.1 Å². The van der Waals surface area contributed by atoms with Crippen molar-refractivity contribution in [3.63, 3.8) is 0 Å². The topological polar surface area (TPSA) is 103 Å². The summed E-state index contributed by atoms with van der Waals surface area (Å²) in [5.74, 6) is -0.165. The van der Waals surface area contributed by atoms with Crippen LogP contribution in [0.15, 0.2) is 53.5 Å². The Bertz CT molecular complexity index is 1290. The average Bonchev–Trinajstić information content (AvgIpc) is 2.90. The summed E-state index contributed by atoms with van der Waals surface area (Å²) < 4.78 is 5.63. The van der Waals surface area contributed by atoms with Gasteiger partial charge in [-0.25, -0.2) is 4.79 Å². The predicted octanol–water partition coefficient (Wildman–Crippen LogP) is 7.16. The average molecular weight is 523 g/mol. The number of ketones is 1. The van der Waals surface area contributed by atoms with Gasteiger partial charge in [0.25, 0.3) is 0 Å². The van der Waals surface area contributed by atoms with Crippen molar-refractivity contribution in [3.8, 4) is 5.75 Å². The van der Waals surface area contributed by atoms with Crippen LogP contribution < -0.4 is 4.74 Å². The molecule has 1 aromatic heterocycles. The summed E-state index contributed by atoms with van der Waals surface area (Å²) in [6.45, 7) is 9.69. The van der Waals surface area contributed by atoms with Gasteiger partial charge in [-0.1, -0.05) is 56.2 Å². The van der Waals surface area contributed by atoms with E-state index in [0.29, 0.717) is 24.2 Å².